The number of rotatable bonds is 3. The van der Waals surface area contributed by atoms with Crippen molar-refractivity contribution in [1.82, 2.24) is 10.3 Å². The van der Waals surface area contributed by atoms with Gasteiger partial charge in [0.05, 0.1) is 12.1 Å². The van der Waals surface area contributed by atoms with Crippen molar-refractivity contribution in [2.45, 2.75) is 19.4 Å². The van der Waals surface area contributed by atoms with Crippen LogP contribution >= 0.6 is 11.3 Å². The molecule has 0 bridgehead atoms. The maximum Gasteiger partial charge on any atom is 0.251 e. The van der Waals surface area contributed by atoms with Crippen LogP contribution in [0.3, 0.4) is 0 Å². The molecule has 0 radical (unpaired) electrons. The fourth-order valence-corrected chi connectivity index (χ4v) is 2.75. The summed E-state index contributed by atoms with van der Waals surface area (Å²) in [6.07, 6.45) is 3.94. The van der Waals surface area contributed by atoms with Crippen LogP contribution in [-0.4, -0.2) is 17.4 Å². The molecule has 0 saturated heterocycles. The van der Waals surface area contributed by atoms with E-state index in [0.29, 0.717) is 6.54 Å². The van der Waals surface area contributed by atoms with E-state index in [-0.39, 0.29) is 5.91 Å². The molecule has 0 spiro atoms. The highest BCUT2D eigenvalue weighted by molar-refractivity contribution is 7.09. The number of carbonyl (C=O) groups excluding carboxylic acids is 1. The third kappa shape index (κ3) is 2.76. The van der Waals surface area contributed by atoms with Crippen LogP contribution in [0.4, 0.5) is 5.69 Å². The predicted molar refractivity (Wildman–Crippen MR) is 76.5 cm³/mol. The third-order valence-corrected chi connectivity index (χ3v) is 3.99. The zero-order chi connectivity index (χ0) is 13.1. The van der Waals surface area contributed by atoms with Gasteiger partial charge in [-0.3, -0.25) is 9.78 Å². The van der Waals surface area contributed by atoms with E-state index in [9.17, 15) is 4.79 Å². The predicted octanol–water partition coefficient (Wildman–Crippen LogP) is 2.43. The van der Waals surface area contributed by atoms with E-state index in [1.54, 1.807) is 23.0 Å². The summed E-state index contributed by atoms with van der Waals surface area (Å²) in [6, 6.07) is 5.86. The lowest BCUT2D eigenvalue weighted by Crippen LogP contribution is -2.23. The van der Waals surface area contributed by atoms with Gasteiger partial charge in [-0.25, -0.2) is 0 Å². The molecule has 1 aliphatic heterocycles. The summed E-state index contributed by atoms with van der Waals surface area (Å²) in [7, 11) is 0. The molecular weight excluding hydrogens is 258 g/mol. The average molecular weight is 273 g/mol. The van der Waals surface area contributed by atoms with Crippen LogP contribution in [-0.2, 0) is 13.0 Å². The SMILES string of the molecule is O=C(NCc1cncs1)c1ccc2c(c1)CCCN2. The molecule has 1 amide bonds. The van der Waals surface area contributed by atoms with Crippen molar-refractivity contribution in [3.05, 3.63) is 45.9 Å². The average Bonchev–Trinajstić information content (AvgIpc) is 2.97. The van der Waals surface area contributed by atoms with Crippen LogP contribution in [0.1, 0.15) is 27.2 Å². The molecule has 2 heterocycles. The van der Waals surface area contributed by atoms with E-state index in [1.807, 2.05) is 18.2 Å². The Bertz CT molecular complexity index is 580. The second-order valence-corrected chi connectivity index (χ2v) is 5.52. The summed E-state index contributed by atoms with van der Waals surface area (Å²) in [5.41, 5.74) is 4.89. The van der Waals surface area contributed by atoms with Crippen LogP contribution in [0.2, 0.25) is 0 Å². The molecule has 3 rings (SSSR count). The van der Waals surface area contributed by atoms with Crippen molar-refractivity contribution in [2.75, 3.05) is 11.9 Å². The minimum atomic E-state index is -0.0261. The zero-order valence-corrected chi connectivity index (χ0v) is 11.3. The lowest BCUT2D eigenvalue weighted by Gasteiger charge is -2.18. The molecule has 98 valence electrons. The van der Waals surface area contributed by atoms with Gasteiger partial charge in [-0.05, 0) is 36.6 Å². The molecular formula is C14H15N3OS. The first-order chi connectivity index (χ1) is 9.33. The lowest BCUT2D eigenvalue weighted by molar-refractivity contribution is 0.0951. The first kappa shape index (κ1) is 12.2. The number of aromatic nitrogens is 1. The molecule has 0 fully saturated rings. The number of nitrogens with zero attached hydrogens (tertiary/aromatic N) is 1. The second kappa shape index (κ2) is 5.40. The Kier molecular flexibility index (Phi) is 3.46. The summed E-state index contributed by atoms with van der Waals surface area (Å²) in [4.78, 5) is 17.1. The molecule has 0 aliphatic carbocycles. The van der Waals surface area contributed by atoms with Gasteiger partial charge in [-0.1, -0.05) is 0 Å². The Labute approximate surface area is 115 Å². The smallest absolute Gasteiger partial charge is 0.251 e. The molecule has 0 unspecified atom stereocenters. The van der Waals surface area contributed by atoms with Crippen molar-refractivity contribution in [1.29, 1.82) is 0 Å². The first-order valence-corrected chi connectivity index (χ1v) is 7.23. The molecule has 2 N–H and O–H groups in total. The number of hydrogen-bond donors (Lipinski definition) is 2. The van der Waals surface area contributed by atoms with Gasteiger partial charge in [0.1, 0.15) is 0 Å². The fraction of sp³-hybridized carbons (Fsp3) is 0.286. The van der Waals surface area contributed by atoms with Gasteiger partial charge in [0.2, 0.25) is 0 Å². The van der Waals surface area contributed by atoms with Gasteiger partial charge >= 0.3 is 0 Å². The summed E-state index contributed by atoms with van der Waals surface area (Å²) in [6.45, 7) is 1.56. The topological polar surface area (TPSA) is 54.0 Å². The van der Waals surface area contributed by atoms with E-state index < -0.39 is 0 Å². The Morgan fingerprint density at radius 2 is 2.42 bits per heavy atom. The Morgan fingerprint density at radius 1 is 1.47 bits per heavy atom. The number of carbonyl (C=O) groups is 1. The van der Waals surface area contributed by atoms with Gasteiger partial charge < -0.3 is 10.6 Å². The quantitative estimate of drug-likeness (QED) is 0.903. The molecule has 2 aromatic rings. The monoisotopic (exact) mass is 273 g/mol. The van der Waals surface area contributed by atoms with E-state index in [0.717, 1.165) is 35.5 Å². The minimum absolute atomic E-state index is 0.0261. The lowest BCUT2D eigenvalue weighted by atomic mass is 10.0. The van der Waals surface area contributed by atoms with Crippen molar-refractivity contribution < 1.29 is 4.79 Å². The summed E-state index contributed by atoms with van der Waals surface area (Å²) in [5.74, 6) is -0.0261. The minimum Gasteiger partial charge on any atom is -0.385 e. The fourth-order valence-electron chi connectivity index (χ4n) is 2.22. The number of aryl methyl sites for hydroxylation is 1. The van der Waals surface area contributed by atoms with Crippen LogP contribution in [0.25, 0.3) is 0 Å². The van der Waals surface area contributed by atoms with Gasteiger partial charge in [0, 0.05) is 28.9 Å². The molecule has 0 atom stereocenters. The number of anilines is 1. The molecule has 0 saturated carbocycles. The highest BCUT2D eigenvalue weighted by atomic mass is 32.1. The van der Waals surface area contributed by atoms with Crippen molar-refractivity contribution in [3.8, 4) is 0 Å². The van der Waals surface area contributed by atoms with E-state index >= 15 is 0 Å². The number of amides is 1. The van der Waals surface area contributed by atoms with Crippen LogP contribution in [0.5, 0.6) is 0 Å². The maximum atomic E-state index is 12.1. The summed E-state index contributed by atoms with van der Waals surface area (Å²) >= 11 is 1.55. The van der Waals surface area contributed by atoms with Crippen molar-refractivity contribution in [2.24, 2.45) is 0 Å². The maximum absolute atomic E-state index is 12.1. The number of fused-ring (bicyclic) bond motifs is 1. The summed E-state index contributed by atoms with van der Waals surface area (Å²) in [5, 5.41) is 6.26. The Hall–Kier alpha value is -1.88. The largest absolute Gasteiger partial charge is 0.385 e. The number of thiazole rings is 1. The first-order valence-electron chi connectivity index (χ1n) is 6.35. The van der Waals surface area contributed by atoms with E-state index in [1.165, 1.54) is 5.56 Å². The Morgan fingerprint density at radius 3 is 3.26 bits per heavy atom. The van der Waals surface area contributed by atoms with Gasteiger partial charge in [-0.2, -0.15) is 0 Å². The van der Waals surface area contributed by atoms with Crippen LogP contribution in [0.15, 0.2) is 29.9 Å². The molecule has 4 nitrogen and oxygen atoms in total. The molecule has 1 aromatic heterocycles. The summed E-state index contributed by atoms with van der Waals surface area (Å²) < 4.78 is 0. The molecule has 5 heteroatoms. The number of hydrogen-bond acceptors (Lipinski definition) is 4. The Balaban J connectivity index is 1.69. The molecule has 1 aromatic carbocycles. The number of nitrogens with one attached hydrogen (secondary N) is 2. The highest BCUT2D eigenvalue weighted by Gasteiger charge is 2.12. The van der Waals surface area contributed by atoms with Crippen LogP contribution in [0, 0.1) is 0 Å². The molecule has 1 aliphatic rings. The normalized spacial score (nSPS) is 13.5. The molecule has 19 heavy (non-hydrogen) atoms. The zero-order valence-electron chi connectivity index (χ0n) is 10.5. The van der Waals surface area contributed by atoms with Crippen molar-refractivity contribution in [3.63, 3.8) is 0 Å². The van der Waals surface area contributed by atoms with E-state index in [4.69, 9.17) is 0 Å². The van der Waals surface area contributed by atoms with Gasteiger partial charge in [-0.15, -0.1) is 11.3 Å². The standard InChI is InChI=1S/C14H15N3OS/c18-14(17-8-12-7-15-9-19-12)11-3-4-13-10(6-11)2-1-5-16-13/h3-4,6-7,9,16H,1-2,5,8H2,(H,17,18). The highest BCUT2D eigenvalue weighted by Crippen LogP contribution is 2.22. The second-order valence-electron chi connectivity index (χ2n) is 4.55. The van der Waals surface area contributed by atoms with Crippen molar-refractivity contribution >= 4 is 22.9 Å². The van der Waals surface area contributed by atoms with E-state index in [2.05, 4.69) is 15.6 Å². The van der Waals surface area contributed by atoms with Crippen LogP contribution < -0.4 is 10.6 Å². The number of benzene rings is 1. The third-order valence-electron chi connectivity index (χ3n) is 3.21. The van der Waals surface area contributed by atoms with Gasteiger partial charge in [0.25, 0.3) is 5.91 Å². The van der Waals surface area contributed by atoms with Gasteiger partial charge in [0.15, 0.2) is 0 Å².